The fraction of sp³-hybridized carbons (Fsp3) is 0.273. The molecule has 0 saturated carbocycles. The molecule has 0 aliphatic heterocycles. The van der Waals surface area contributed by atoms with Gasteiger partial charge in [-0.15, -0.1) is 5.10 Å². The Kier molecular flexibility index (Phi) is 3.22. The molecule has 1 aromatic carbocycles. The minimum Gasteiger partial charge on any atom is -0.381 e. The zero-order valence-electron chi connectivity index (χ0n) is 9.91. The Morgan fingerprint density at radius 2 is 2.17 bits per heavy atom. The average molecular weight is 247 g/mol. The van der Waals surface area contributed by atoms with Gasteiger partial charge in [-0.05, 0) is 12.5 Å². The molecule has 0 unspecified atom stereocenters. The molecule has 0 fully saturated rings. The molecule has 0 spiro atoms. The molecule has 2 N–H and O–H groups in total. The molecule has 18 heavy (non-hydrogen) atoms. The molecule has 94 valence electrons. The summed E-state index contributed by atoms with van der Waals surface area (Å²) in [6.07, 6.45) is 1.53. The SMILES string of the molecule is CCCc1c(N)nnn1-c1ccccc1[N+](=O)[O-]. The van der Waals surface area contributed by atoms with Crippen LogP contribution in [0.3, 0.4) is 0 Å². The van der Waals surface area contributed by atoms with E-state index in [-0.39, 0.29) is 5.69 Å². The number of hydrogen-bond acceptors (Lipinski definition) is 5. The van der Waals surface area contributed by atoms with Gasteiger partial charge in [0.15, 0.2) is 5.82 Å². The first-order chi connectivity index (χ1) is 8.65. The minimum absolute atomic E-state index is 0.0141. The third-order valence-electron chi connectivity index (χ3n) is 2.59. The second-order valence-corrected chi connectivity index (χ2v) is 3.83. The second-order valence-electron chi connectivity index (χ2n) is 3.83. The number of nitrogens with two attached hydrogens (primary N) is 1. The predicted molar refractivity (Wildman–Crippen MR) is 66.4 cm³/mol. The second kappa shape index (κ2) is 4.82. The summed E-state index contributed by atoms with van der Waals surface area (Å²) in [5.74, 6) is 0.315. The Morgan fingerprint density at radius 1 is 1.44 bits per heavy atom. The standard InChI is InChI=1S/C11H13N5O2/c1-2-5-10-11(12)13-14-15(10)8-6-3-4-7-9(8)16(17)18/h3-4,6-7H,2,5,12H2,1H3. The van der Waals surface area contributed by atoms with Crippen molar-refractivity contribution < 1.29 is 4.92 Å². The average Bonchev–Trinajstić information content (AvgIpc) is 2.72. The quantitative estimate of drug-likeness (QED) is 0.654. The first-order valence-electron chi connectivity index (χ1n) is 5.59. The molecule has 2 rings (SSSR count). The van der Waals surface area contributed by atoms with Crippen molar-refractivity contribution in [1.82, 2.24) is 15.0 Å². The lowest BCUT2D eigenvalue weighted by atomic mass is 10.2. The summed E-state index contributed by atoms with van der Waals surface area (Å²) in [5, 5.41) is 18.6. The van der Waals surface area contributed by atoms with Crippen LogP contribution in [0.25, 0.3) is 5.69 Å². The number of aromatic nitrogens is 3. The van der Waals surface area contributed by atoms with Gasteiger partial charge < -0.3 is 5.73 Å². The maximum atomic E-state index is 11.0. The molecule has 2 aromatic rings. The molecule has 0 saturated heterocycles. The lowest BCUT2D eigenvalue weighted by Gasteiger charge is -2.06. The number of benzene rings is 1. The van der Waals surface area contributed by atoms with E-state index in [0.29, 0.717) is 23.6 Å². The first-order valence-corrected chi connectivity index (χ1v) is 5.59. The number of nitro benzene ring substituents is 1. The van der Waals surface area contributed by atoms with Crippen LogP contribution >= 0.6 is 0 Å². The van der Waals surface area contributed by atoms with E-state index in [4.69, 9.17) is 5.73 Å². The molecular weight excluding hydrogens is 234 g/mol. The van der Waals surface area contributed by atoms with Gasteiger partial charge in [-0.25, -0.2) is 4.68 Å². The van der Waals surface area contributed by atoms with E-state index in [9.17, 15) is 10.1 Å². The Balaban J connectivity index is 2.58. The van der Waals surface area contributed by atoms with Crippen LogP contribution in [0.2, 0.25) is 0 Å². The van der Waals surface area contributed by atoms with Gasteiger partial charge in [-0.3, -0.25) is 10.1 Å². The smallest absolute Gasteiger partial charge is 0.294 e. The molecule has 7 nitrogen and oxygen atoms in total. The van der Waals surface area contributed by atoms with E-state index in [1.807, 2.05) is 6.92 Å². The Labute approximate surface area is 103 Å². The van der Waals surface area contributed by atoms with Crippen LogP contribution in [0, 0.1) is 10.1 Å². The van der Waals surface area contributed by atoms with E-state index >= 15 is 0 Å². The van der Waals surface area contributed by atoms with Gasteiger partial charge in [0.25, 0.3) is 5.69 Å². The molecule has 0 bridgehead atoms. The van der Waals surface area contributed by atoms with Crippen molar-refractivity contribution in [2.45, 2.75) is 19.8 Å². The predicted octanol–water partition coefficient (Wildman–Crippen LogP) is 1.71. The maximum absolute atomic E-state index is 11.0. The van der Waals surface area contributed by atoms with E-state index in [2.05, 4.69) is 10.3 Å². The zero-order chi connectivity index (χ0) is 13.1. The highest BCUT2D eigenvalue weighted by molar-refractivity contribution is 5.54. The fourth-order valence-electron chi connectivity index (χ4n) is 1.78. The number of nitrogen functional groups attached to an aromatic ring is 1. The van der Waals surface area contributed by atoms with Gasteiger partial charge >= 0.3 is 0 Å². The van der Waals surface area contributed by atoms with E-state index in [0.717, 1.165) is 6.42 Å². The third-order valence-corrected chi connectivity index (χ3v) is 2.59. The van der Waals surface area contributed by atoms with Gasteiger partial charge in [0, 0.05) is 6.07 Å². The summed E-state index contributed by atoms with van der Waals surface area (Å²) in [6, 6.07) is 6.39. The topological polar surface area (TPSA) is 99.9 Å². The van der Waals surface area contributed by atoms with Crippen LogP contribution in [-0.4, -0.2) is 19.9 Å². The maximum Gasteiger partial charge on any atom is 0.294 e. The van der Waals surface area contributed by atoms with Crippen molar-refractivity contribution in [1.29, 1.82) is 0 Å². The largest absolute Gasteiger partial charge is 0.381 e. The Bertz CT molecular complexity index is 579. The van der Waals surface area contributed by atoms with E-state index in [1.165, 1.54) is 10.7 Å². The van der Waals surface area contributed by atoms with Gasteiger partial charge in [0.05, 0.1) is 10.6 Å². The van der Waals surface area contributed by atoms with Crippen molar-refractivity contribution in [3.63, 3.8) is 0 Å². The van der Waals surface area contributed by atoms with E-state index in [1.54, 1.807) is 18.2 Å². The molecule has 0 radical (unpaired) electrons. The zero-order valence-corrected chi connectivity index (χ0v) is 9.91. The van der Waals surface area contributed by atoms with Gasteiger partial charge in [0.2, 0.25) is 0 Å². The van der Waals surface area contributed by atoms with Crippen LogP contribution < -0.4 is 5.73 Å². The van der Waals surface area contributed by atoms with Crippen LogP contribution in [0.1, 0.15) is 19.0 Å². The van der Waals surface area contributed by atoms with E-state index < -0.39 is 4.92 Å². The number of nitro groups is 1. The minimum atomic E-state index is -0.442. The van der Waals surface area contributed by atoms with Crippen molar-refractivity contribution >= 4 is 11.5 Å². The van der Waals surface area contributed by atoms with Crippen molar-refractivity contribution in [3.05, 3.63) is 40.1 Å². The summed E-state index contributed by atoms with van der Waals surface area (Å²) >= 11 is 0. The van der Waals surface area contributed by atoms with Crippen molar-refractivity contribution in [2.24, 2.45) is 0 Å². The van der Waals surface area contributed by atoms with Crippen molar-refractivity contribution in [2.75, 3.05) is 5.73 Å². The highest BCUT2D eigenvalue weighted by Gasteiger charge is 2.19. The van der Waals surface area contributed by atoms with Crippen LogP contribution in [-0.2, 0) is 6.42 Å². The third kappa shape index (κ3) is 2.02. The highest BCUT2D eigenvalue weighted by Crippen LogP contribution is 2.24. The molecule has 0 amide bonds. The van der Waals surface area contributed by atoms with Crippen LogP contribution in [0.4, 0.5) is 11.5 Å². The summed E-state index contributed by atoms with van der Waals surface area (Å²) in [6.45, 7) is 2.00. The molecule has 0 atom stereocenters. The lowest BCUT2D eigenvalue weighted by Crippen LogP contribution is -2.06. The van der Waals surface area contributed by atoms with Crippen LogP contribution in [0.5, 0.6) is 0 Å². The number of hydrogen-bond donors (Lipinski definition) is 1. The number of nitrogens with zero attached hydrogens (tertiary/aromatic N) is 4. The summed E-state index contributed by atoms with van der Waals surface area (Å²) in [7, 11) is 0. The molecule has 0 aliphatic rings. The fourth-order valence-corrected chi connectivity index (χ4v) is 1.78. The molecule has 7 heteroatoms. The monoisotopic (exact) mass is 247 g/mol. The molecule has 1 heterocycles. The summed E-state index contributed by atoms with van der Waals surface area (Å²) in [5.41, 5.74) is 6.80. The normalized spacial score (nSPS) is 10.5. The highest BCUT2D eigenvalue weighted by atomic mass is 16.6. The van der Waals surface area contributed by atoms with Crippen molar-refractivity contribution in [3.8, 4) is 5.69 Å². The summed E-state index contributed by atoms with van der Waals surface area (Å²) < 4.78 is 1.44. The van der Waals surface area contributed by atoms with Gasteiger partial charge in [-0.1, -0.05) is 30.7 Å². The molecule has 1 aromatic heterocycles. The number of para-hydroxylation sites is 2. The molecular formula is C11H13N5O2. The number of anilines is 1. The molecule has 0 aliphatic carbocycles. The van der Waals surface area contributed by atoms with Crippen LogP contribution in [0.15, 0.2) is 24.3 Å². The Hall–Kier alpha value is -2.44. The van der Waals surface area contributed by atoms with Gasteiger partial charge in [-0.2, -0.15) is 0 Å². The van der Waals surface area contributed by atoms with Gasteiger partial charge in [0.1, 0.15) is 5.69 Å². The number of rotatable bonds is 4. The first kappa shape index (κ1) is 12.0. The Morgan fingerprint density at radius 3 is 2.83 bits per heavy atom. The summed E-state index contributed by atoms with van der Waals surface area (Å²) in [4.78, 5) is 10.5. The lowest BCUT2D eigenvalue weighted by molar-refractivity contribution is -0.384.